The fraction of sp³-hybridized carbons (Fsp3) is 0.406. The number of rotatable bonds is 7. The largest absolute Gasteiger partial charge is 0.493 e. The molecule has 0 saturated carbocycles. The van der Waals surface area contributed by atoms with Crippen LogP contribution in [0.3, 0.4) is 0 Å². The first kappa shape index (κ1) is 29.4. The van der Waals surface area contributed by atoms with Crippen LogP contribution < -0.4 is 23.7 Å². The highest BCUT2D eigenvalue weighted by Gasteiger charge is 2.48. The molecule has 3 aliphatic heterocycles. The molecule has 0 amide bonds. The summed E-state index contributed by atoms with van der Waals surface area (Å²) in [6.07, 6.45) is -3.62. The van der Waals surface area contributed by atoms with E-state index in [0.29, 0.717) is 50.5 Å². The zero-order chi connectivity index (χ0) is 31.3. The average Bonchev–Trinajstić information content (AvgIpc) is 3.62. The molecule has 3 aliphatic rings. The maximum atomic E-state index is 13.4. The zero-order valence-corrected chi connectivity index (χ0v) is 25.1. The summed E-state index contributed by atoms with van der Waals surface area (Å²) in [5.74, 6) is 0.200. The molecule has 0 spiro atoms. The van der Waals surface area contributed by atoms with E-state index >= 15 is 0 Å². The minimum absolute atomic E-state index is 0.0877. The molecule has 1 saturated heterocycles. The van der Waals surface area contributed by atoms with E-state index in [4.69, 9.17) is 42.6 Å². The molecule has 44 heavy (non-hydrogen) atoms. The third-order valence-corrected chi connectivity index (χ3v) is 8.11. The first-order valence-corrected chi connectivity index (χ1v) is 14.1. The molecule has 0 radical (unpaired) electrons. The summed E-state index contributed by atoms with van der Waals surface area (Å²) >= 11 is 0. The SMILES string of the molecule is COc1cc2c(OC3OC(C)C(C)C(OC(C)=O)C3OC(C)=O)c3c(c(-c4ccc5c(c4)OCO5)c2cc1OC)C(=O)OC3. The lowest BCUT2D eigenvalue weighted by Gasteiger charge is -2.43. The second-order valence-electron chi connectivity index (χ2n) is 10.8. The molecule has 6 rings (SSSR count). The molecule has 5 unspecified atom stereocenters. The lowest BCUT2D eigenvalue weighted by atomic mass is 9.88. The Morgan fingerprint density at radius 2 is 1.48 bits per heavy atom. The predicted octanol–water partition coefficient (Wildman–Crippen LogP) is 4.55. The minimum atomic E-state index is -1.21. The standard InChI is InChI=1S/C32H32O12/c1-14-15(2)41-32(30(43-17(4)34)28(14)42-16(3)33)44-29-20-11-24(37-6)23(36-5)10-19(20)26(27-21(29)12-38-31(27)35)18-7-8-22-25(9-18)40-13-39-22/h7-11,14-15,28,30,32H,12-13H2,1-6H3. The predicted molar refractivity (Wildman–Crippen MR) is 153 cm³/mol. The van der Waals surface area contributed by atoms with Crippen molar-refractivity contribution in [2.75, 3.05) is 21.0 Å². The molecule has 5 atom stereocenters. The van der Waals surface area contributed by atoms with Gasteiger partial charge in [-0.2, -0.15) is 0 Å². The summed E-state index contributed by atoms with van der Waals surface area (Å²) in [5.41, 5.74) is 2.00. The van der Waals surface area contributed by atoms with Crippen molar-refractivity contribution >= 4 is 28.7 Å². The second-order valence-corrected chi connectivity index (χ2v) is 10.8. The number of benzene rings is 3. The summed E-state index contributed by atoms with van der Waals surface area (Å²) in [7, 11) is 3.02. The third kappa shape index (κ3) is 4.98. The highest BCUT2D eigenvalue weighted by Crippen LogP contribution is 2.50. The van der Waals surface area contributed by atoms with E-state index in [2.05, 4.69) is 0 Å². The van der Waals surface area contributed by atoms with Crippen molar-refractivity contribution in [2.24, 2.45) is 5.92 Å². The van der Waals surface area contributed by atoms with E-state index in [1.165, 1.54) is 28.1 Å². The monoisotopic (exact) mass is 608 g/mol. The summed E-state index contributed by atoms with van der Waals surface area (Å²) in [6.45, 7) is 6.19. The van der Waals surface area contributed by atoms with Gasteiger partial charge < -0.3 is 42.6 Å². The van der Waals surface area contributed by atoms with E-state index in [9.17, 15) is 14.4 Å². The maximum Gasteiger partial charge on any atom is 0.339 e. The van der Waals surface area contributed by atoms with Crippen molar-refractivity contribution in [2.45, 2.75) is 58.9 Å². The Morgan fingerprint density at radius 3 is 2.16 bits per heavy atom. The van der Waals surface area contributed by atoms with Crippen LogP contribution in [0.2, 0.25) is 0 Å². The van der Waals surface area contributed by atoms with Gasteiger partial charge in [-0.1, -0.05) is 13.0 Å². The number of carbonyl (C=O) groups excluding carboxylic acids is 3. The maximum absolute atomic E-state index is 13.4. The Kier molecular flexibility index (Phi) is 7.62. The van der Waals surface area contributed by atoms with Gasteiger partial charge in [0, 0.05) is 36.3 Å². The van der Waals surface area contributed by atoms with Gasteiger partial charge in [0.2, 0.25) is 19.2 Å². The number of hydrogen-bond acceptors (Lipinski definition) is 12. The Balaban J connectivity index is 1.58. The van der Waals surface area contributed by atoms with Crippen LogP contribution in [0.25, 0.3) is 21.9 Å². The van der Waals surface area contributed by atoms with Gasteiger partial charge in [-0.05, 0) is 42.1 Å². The normalized spacial score (nSPS) is 23.5. The number of cyclic esters (lactones) is 1. The van der Waals surface area contributed by atoms with Gasteiger partial charge in [-0.15, -0.1) is 0 Å². The molecule has 232 valence electrons. The van der Waals surface area contributed by atoms with Crippen LogP contribution in [0.15, 0.2) is 30.3 Å². The lowest BCUT2D eigenvalue weighted by molar-refractivity contribution is -0.263. The summed E-state index contributed by atoms with van der Waals surface area (Å²) in [4.78, 5) is 37.7. The van der Waals surface area contributed by atoms with Crippen LogP contribution in [-0.4, -0.2) is 63.5 Å². The Hall–Kier alpha value is -4.71. The fourth-order valence-corrected chi connectivity index (χ4v) is 5.92. The molecule has 3 heterocycles. The van der Waals surface area contributed by atoms with Crippen LogP contribution in [0, 0.1) is 5.92 Å². The zero-order valence-electron chi connectivity index (χ0n) is 25.1. The number of hydrogen-bond donors (Lipinski definition) is 0. The third-order valence-electron chi connectivity index (χ3n) is 8.11. The highest BCUT2D eigenvalue weighted by molar-refractivity contribution is 6.14. The van der Waals surface area contributed by atoms with Crippen molar-refractivity contribution in [3.8, 4) is 39.9 Å². The molecule has 3 aromatic rings. The minimum Gasteiger partial charge on any atom is -0.493 e. The van der Waals surface area contributed by atoms with Gasteiger partial charge in [-0.3, -0.25) is 9.59 Å². The molecule has 0 aromatic heterocycles. The van der Waals surface area contributed by atoms with Gasteiger partial charge in [0.05, 0.1) is 25.9 Å². The molecular weight excluding hydrogens is 576 g/mol. The van der Waals surface area contributed by atoms with E-state index in [1.54, 1.807) is 24.3 Å². The second kappa shape index (κ2) is 11.4. The number of methoxy groups -OCH3 is 2. The van der Waals surface area contributed by atoms with Crippen molar-refractivity contribution in [3.63, 3.8) is 0 Å². The molecule has 12 nitrogen and oxygen atoms in total. The number of carbonyl (C=O) groups is 3. The Labute approximate surface area is 252 Å². The molecule has 1 fully saturated rings. The van der Waals surface area contributed by atoms with Crippen LogP contribution in [0.1, 0.15) is 43.6 Å². The topological polar surface area (TPSA) is 134 Å². The molecular formula is C32H32O12. The number of fused-ring (bicyclic) bond motifs is 3. The Bertz CT molecular complexity index is 1660. The van der Waals surface area contributed by atoms with E-state index in [0.717, 1.165) is 0 Å². The van der Waals surface area contributed by atoms with Crippen LogP contribution >= 0.6 is 0 Å². The van der Waals surface area contributed by atoms with Gasteiger partial charge in [0.1, 0.15) is 18.5 Å². The first-order chi connectivity index (χ1) is 21.1. The van der Waals surface area contributed by atoms with E-state index in [-0.39, 0.29) is 30.6 Å². The Morgan fingerprint density at radius 1 is 0.818 bits per heavy atom. The molecule has 12 heteroatoms. The average molecular weight is 609 g/mol. The lowest BCUT2D eigenvalue weighted by Crippen LogP contribution is -2.57. The summed E-state index contributed by atoms with van der Waals surface area (Å²) < 4.78 is 52.0. The summed E-state index contributed by atoms with van der Waals surface area (Å²) in [5, 5.41) is 1.14. The quantitative estimate of drug-likeness (QED) is 0.275. The number of esters is 3. The first-order valence-electron chi connectivity index (χ1n) is 14.1. The molecule has 0 N–H and O–H groups in total. The molecule has 0 aliphatic carbocycles. The smallest absolute Gasteiger partial charge is 0.339 e. The van der Waals surface area contributed by atoms with Gasteiger partial charge in [0.15, 0.2) is 23.0 Å². The molecule has 3 aromatic carbocycles. The van der Waals surface area contributed by atoms with Gasteiger partial charge in [0.25, 0.3) is 0 Å². The van der Waals surface area contributed by atoms with E-state index < -0.39 is 42.5 Å². The van der Waals surface area contributed by atoms with Gasteiger partial charge >= 0.3 is 17.9 Å². The molecule has 0 bridgehead atoms. The van der Waals surface area contributed by atoms with Crippen molar-refractivity contribution < 1.29 is 57.0 Å². The van der Waals surface area contributed by atoms with Crippen LogP contribution in [0.5, 0.6) is 28.7 Å². The van der Waals surface area contributed by atoms with Crippen molar-refractivity contribution in [1.29, 1.82) is 0 Å². The fourth-order valence-electron chi connectivity index (χ4n) is 5.92. The highest BCUT2D eigenvalue weighted by atomic mass is 16.7. The van der Waals surface area contributed by atoms with Crippen molar-refractivity contribution in [3.05, 3.63) is 41.5 Å². The van der Waals surface area contributed by atoms with Crippen LogP contribution in [0.4, 0.5) is 0 Å². The summed E-state index contributed by atoms with van der Waals surface area (Å²) in [6, 6.07) is 8.90. The van der Waals surface area contributed by atoms with Crippen LogP contribution in [-0.2, 0) is 35.1 Å². The van der Waals surface area contributed by atoms with Crippen molar-refractivity contribution in [1.82, 2.24) is 0 Å². The van der Waals surface area contributed by atoms with E-state index in [1.807, 2.05) is 19.9 Å². The van der Waals surface area contributed by atoms with Gasteiger partial charge in [-0.25, -0.2) is 4.79 Å². The number of ether oxygens (including phenoxy) is 9.